The van der Waals surface area contributed by atoms with Crippen molar-refractivity contribution < 1.29 is 29.0 Å². The Balaban J connectivity index is 1.83. The van der Waals surface area contributed by atoms with E-state index in [2.05, 4.69) is 20.1 Å². The van der Waals surface area contributed by atoms with Gasteiger partial charge in [-0.1, -0.05) is 69.2 Å². The van der Waals surface area contributed by atoms with Gasteiger partial charge in [0.15, 0.2) is 0 Å². The lowest BCUT2D eigenvalue weighted by atomic mass is 9.62. The van der Waals surface area contributed by atoms with E-state index in [1.807, 2.05) is 44.2 Å². The van der Waals surface area contributed by atoms with Crippen molar-refractivity contribution in [1.29, 1.82) is 0 Å². The number of amides is 2. The van der Waals surface area contributed by atoms with Gasteiger partial charge in [0.1, 0.15) is 17.6 Å². The van der Waals surface area contributed by atoms with Gasteiger partial charge in [0.05, 0.1) is 30.8 Å². The fourth-order valence-corrected chi connectivity index (χ4v) is 7.19. The largest absolute Gasteiger partial charge is 0.465 e. The molecule has 218 valence electrons. The maximum Gasteiger partial charge on any atom is 0.312 e. The molecule has 8 heteroatoms. The normalized spacial score (nSPS) is 31.1. The zero-order valence-electron chi connectivity index (χ0n) is 24.1. The SMILES string of the molecule is C=CCCOC(=O)[C@@H]1[C@H]2C(=O)N([C@H](CO)c3ccccc3)C(C(=O)N(CC=C)CCCCC)C23CC(C)[C@@]1(C)O3. The van der Waals surface area contributed by atoms with Crippen molar-refractivity contribution in [3.05, 3.63) is 61.2 Å². The number of ether oxygens (including phenoxy) is 2. The van der Waals surface area contributed by atoms with Crippen LogP contribution >= 0.6 is 0 Å². The number of carbonyl (C=O) groups excluding carboxylic acids is 3. The summed E-state index contributed by atoms with van der Waals surface area (Å²) < 4.78 is 12.4. The molecule has 0 radical (unpaired) electrons. The Morgan fingerprint density at radius 2 is 1.98 bits per heavy atom. The van der Waals surface area contributed by atoms with E-state index in [1.54, 1.807) is 17.1 Å². The average Bonchev–Trinajstić information content (AvgIpc) is 3.46. The molecule has 1 aromatic carbocycles. The number of fused-ring (bicyclic) bond motifs is 1. The number of carbonyl (C=O) groups is 3. The van der Waals surface area contributed by atoms with Gasteiger partial charge in [-0.2, -0.15) is 0 Å². The highest BCUT2D eigenvalue weighted by Crippen LogP contribution is 2.66. The topological polar surface area (TPSA) is 96.4 Å². The Hall–Kier alpha value is -2.97. The van der Waals surface area contributed by atoms with Crippen molar-refractivity contribution in [2.45, 2.75) is 76.2 Å². The molecule has 1 aromatic rings. The van der Waals surface area contributed by atoms with Crippen LogP contribution in [-0.4, -0.2) is 76.2 Å². The summed E-state index contributed by atoms with van der Waals surface area (Å²) in [4.78, 5) is 45.9. The number of aliphatic hydroxyl groups is 1. The number of likely N-dealkylation sites (tertiary alicyclic amines) is 1. The van der Waals surface area contributed by atoms with Gasteiger partial charge in [0.25, 0.3) is 0 Å². The van der Waals surface area contributed by atoms with Crippen molar-refractivity contribution >= 4 is 17.8 Å². The molecule has 0 aromatic heterocycles. The van der Waals surface area contributed by atoms with Crippen molar-refractivity contribution in [2.24, 2.45) is 17.8 Å². The van der Waals surface area contributed by atoms with Crippen LogP contribution < -0.4 is 0 Å². The number of hydrogen-bond acceptors (Lipinski definition) is 6. The molecule has 3 aliphatic rings. The predicted octanol–water partition coefficient (Wildman–Crippen LogP) is 4.05. The minimum Gasteiger partial charge on any atom is -0.465 e. The Morgan fingerprint density at radius 1 is 1.25 bits per heavy atom. The van der Waals surface area contributed by atoms with Crippen LogP contribution in [-0.2, 0) is 23.9 Å². The van der Waals surface area contributed by atoms with E-state index < -0.39 is 41.1 Å². The van der Waals surface area contributed by atoms with Crippen molar-refractivity contribution in [3.8, 4) is 0 Å². The summed E-state index contributed by atoms with van der Waals surface area (Å²) in [5.74, 6) is -2.93. The first-order valence-corrected chi connectivity index (χ1v) is 14.6. The average molecular weight is 553 g/mol. The number of esters is 1. The standard InChI is InChI=1S/C32H44N2O6/c1-6-9-14-18-33(17-8-3)29(37)27-32-20-22(4)31(5,40-32)26(30(38)39-19-10-7-2)25(32)28(36)34(27)24(21-35)23-15-12-11-13-16-23/h7-8,11-13,15-16,22,24-27,35H,2-3,6,9-10,14,17-21H2,1,4-5H3/t22?,24-,25+,26+,27?,31-,32?/m1/s1. The Labute approximate surface area is 238 Å². The maximum atomic E-state index is 14.6. The van der Waals surface area contributed by atoms with E-state index in [0.29, 0.717) is 31.5 Å². The number of hydrogen-bond donors (Lipinski definition) is 1. The molecule has 4 rings (SSSR count). The van der Waals surface area contributed by atoms with Crippen LogP contribution in [0.3, 0.4) is 0 Å². The summed E-state index contributed by atoms with van der Waals surface area (Å²) in [7, 11) is 0. The highest BCUT2D eigenvalue weighted by Gasteiger charge is 2.80. The summed E-state index contributed by atoms with van der Waals surface area (Å²) in [5.41, 5.74) is -1.45. The summed E-state index contributed by atoms with van der Waals surface area (Å²) in [6.07, 6.45) is 7.11. The quantitative estimate of drug-likeness (QED) is 0.213. The van der Waals surface area contributed by atoms with Gasteiger partial charge in [-0.05, 0) is 37.7 Å². The van der Waals surface area contributed by atoms with Crippen molar-refractivity contribution in [3.63, 3.8) is 0 Å². The van der Waals surface area contributed by atoms with E-state index in [1.165, 1.54) is 4.90 Å². The molecule has 8 nitrogen and oxygen atoms in total. The maximum absolute atomic E-state index is 14.6. The van der Waals surface area contributed by atoms with E-state index in [-0.39, 0.29) is 30.9 Å². The number of unbranched alkanes of at least 4 members (excludes halogenated alkanes) is 2. The summed E-state index contributed by atoms with van der Waals surface area (Å²) in [6, 6.07) is 7.46. The smallest absolute Gasteiger partial charge is 0.312 e. The summed E-state index contributed by atoms with van der Waals surface area (Å²) in [6.45, 7) is 14.2. The third-order valence-corrected chi connectivity index (χ3v) is 9.19. The van der Waals surface area contributed by atoms with Gasteiger partial charge in [-0.15, -0.1) is 13.2 Å². The third-order valence-electron chi connectivity index (χ3n) is 9.19. The lowest BCUT2D eigenvalue weighted by Gasteiger charge is -2.39. The second-order valence-corrected chi connectivity index (χ2v) is 11.6. The van der Waals surface area contributed by atoms with E-state index >= 15 is 0 Å². The van der Waals surface area contributed by atoms with Crippen LogP contribution in [0.2, 0.25) is 0 Å². The van der Waals surface area contributed by atoms with Crippen molar-refractivity contribution in [2.75, 3.05) is 26.3 Å². The zero-order chi connectivity index (χ0) is 29.1. The fraction of sp³-hybridized carbons (Fsp3) is 0.594. The lowest BCUT2D eigenvalue weighted by molar-refractivity contribution is -0.163. The Bertz CT molecular complexity index is 1110. The molecule has 3 unspecified atom stereocenters. The van der Waals surface area contributed by atoms with Crippen LogP contribution in [0.25, 0.3) is 0 Å². The summed E-state index contributed by atoms with van der Waals surface area (Å²) in [5, 5.41) is 10.6. The van der Waals surface area contributed by atoms with E-state index in [0.717, 1.165) is 19.3 Å². The van der Waals surface area contributed by atoms with E-state index in [4.69, 9.17) is 9.47 Å². The highest BCUT2D eigenvalue weighted by molar-refractivity contribution is 5.99. The molecule has 0 aliphatic carbocycles. The number of aliphatic hydroxyl groups excluding tert-OH is 1. The fourth-order valence-electron chi connectivity index (χ4n) is 7.19. The minimum atomic E-state index is -1.21. The highest BCUT2D eigenvalue weighted by atomic mass is 16.6. The van der Waals surface area contributed by atoms with Gasteiger partial charge in [-0.25, -0.2) is 0 Å². The van der Waals surface area contributed by atoms with Gasteiger partial charge >= 0.3 is 5.97 Å². The minimum absolute atomic E-state index is 0.0963. The number of rotatable bonds is 14. The van der Waals surface area contributed by atoms with Gasteiger partial charge in [0, 0.05) is 13.1 Å². The van der Waals surface area contributed by atoms with Crippen LogP contribution in [0.1, 0.15) is 64.5 Å². The van der Waals surface area contributed by atoms with Crippen LogP contribution in [0.15, 0.2) is 55.6 Å². The third kappa shape index (κ3) is 4.90. The molecule has 2 amide bonds. The molecular weight excluding hydrogens is 508 g/mol. The molecule has 1 spiro atoms. The Morgan fingerprint density at radius 3 is 2.60 bits per heavy atom. The van der Waals surface area contributed by atoms with Crippen LogP contribution in [0, 0.1) is 17.8 Å². The molecule has 7 atom stereocenters. The monoisotopic (exact) mass is 552 g/mol. The second-order valence-electron chi connectivity index (χ2n) is 11.6. The van der Waals surface area contributed by atoms with E-state index in [9.17, 15) is 19.5 Å². The lowest BCUT2D eigenvalue weighted by Crippen LogP contribution is -2.57. The predicted molar refractivity (Wildman–Crippen MR) is 152 cm³/mol. The van der Waals surface area contributed by atoms with Crippen molar-refractivity contribution in [1.82, 2.24) is 9.80 Å². The molecule has 40 heavy (non-hydrogen) atoms. The van der Waals surface area contributed by atoms with Crippen LogP contribution in [0.4, 0.5) is 0 Å². The van der Waals surface area contributed by atoms with Crippen LogP contribution in [0.5, 0.6) is 0 Å². The molecule has 1 N–H and O–H groups in total. The van der Waals surface area contributed by atoms with Gasteiger partial charge in [-0.3, -0.25) is 14.4 Å². The zero-order valence-corrected chi connectivity index (χ0v) is 24.1. The molecule has 2 bridgehead atoms. The molecule has 0 saturated carbocycles. The van der Waals surface area contributed by atoms with Gasteiger partial charge in [0.2, 0.25) is 11.8 Å². The molecular formula is C32H44N2O6. The molecule has 3 saturated heterocycles. The number of benzene rings is 1. The summed E-state index contributed by atoms with van der Waals surface area (Å²) >= 11 is 0. The first-order valence-electron chi connectivity index (χ1n) is 14.6. The van der Waals surface area contributed by atoms with Gasteiger partial charge < -0.3 is 24.4 Å². The molecule has 3 fully saturated rings. The molecule has 3 aliphatic heterocycles. The second kappa shape index (κ2) is 12.3. The first kappa shape index (κ1) is 30.0. The molecule has 3 heterocycles. The first-order chi connectivity index (χ1) is 19.2. The Kier molecular flexibility index (Phi) is 9.20. The number of nitrogens with zero attached hydrogens (tertiary/aromatic N) is 2.